The maximum Gasteiger partial charge on any atom is 0.173 e. The van der Waals surface area contributed by atoms with E-state index in [2.05, 4.69) is 16.7 Å². The largest absolute Gasteiger partial charge is 0.497 e. The fourth-order valence-corrected chi connectivity index (χ4v) is 4.77. The first-order valence-corrected chi connectivity index (χ1v) is 11.3. The van der Waals surface area contributed by atoms with Crippen LogP contribution in [0.3, 0.4) is 0 Å². The summed E-state index contributed by atoms with van der Waals surface area (Å²) < 4.78 is 17.4. The van der Waals surface area contributed by atoms with Crippen molar-refractivity contribution in [3.63, 3.8) is 0 Å². The third-order valence-corrected chi connectivity index (χ3v) is 6.78. The zero-order chi connectivity index (χ0) is 20.9. The monoisotopic (exact) mass is 414 g/mol. The van der Waals surface area contributed by atoms with E-state index in [9.17, 15) is 4.79 Å². The van der Waals surface area contributed by atoms with E-state index in [-0.39, 0.29) is 23.9 Å². The zero-order valence-corrected chi connectivity index (χ0v) is 18.2. The molecule has 1 aliphatic carbocycles. The number of carbonyl (C=O) groups is 1. The van der Waals surface area contributed by atoms with Crippen molar-refractivity contribution in [2.24, 2.45) is 5.92 Å². The number of carbonyl (C=O) groups excluding carboxylic acids is 1. The summed E-state index contributed by atoms with van der Waals surface area (Å²) in [4.78, 5) is 18.0. The molecule has 2 fully saturated rings. The Labute approximate surface area is 179 Å². The molecule has 4 rings (SSSR count). The van der Waals surface area contributed by atoms with Gasteiger partial charge in [0.25, 0.3) is 0 Å². The molecule has 0 aromatic heterocycles. The Balaban J connectivity index is 1.26. The average molecular weight is 415 g/mol. The lowest BCUT2D eigenvalue weighted by Crippen LogP contribution is -2.47. The van der Waals surface area contributed by atoms with Gasteiger partial charge < -0.3 is 19.1 Å². The quantitative estimate of drug-likeness (QED) is 0.684. The Morgan fingerprint density at radius 1 is 1.07 bits per heavy atom. The number of rotatable bonds is 7. The standard InChI is InChI=1S/C24H34N2O4/c1-3-25-10-12-26(13-11-25)14-15-29-20-8-9-21-23(16-20)30-17-22(24(21)27)18-4-6-19(28-2)7-5-18/h4-7,17,20-21,23H,3,8-16H2,1-2H3. The molecule has 0 spiro atoms. The molecule has 164 valence electrons. The molecule has 30 heavy (non-hydrogen) atoms. The lowest BCUT2D eigenvalue weighted by molar-refractivity contribution is -0.128. The van der Waals surface area contributed by atoms with Crippen molar-refractivity contribution >= 4 is 11.4 Å². The van der Waals surface area contributed by atoms with E-state index in [0.29, 0.717) is 5.57 Å². The number of fused-ring (bicyclic) bond motifs is 1. The summed E-state index contributed by atoms with van der Waals surface area (Å²) in [5.74, 6) is 0.920. The third-order valence-electron chi connectivity index (χ3n) is 6.78. The van der Waals surface area contributed by atoms with Crippen LogP contribution >= 0.6 is 0 Å². The van der Waals surface area contributed by atoms with Crippen molar-refractivity contribution in [2.75, 3.05) is 53.0 Å². The lowest BCUT2D eigenvalue weighted by Gasteiger charge is -2.38. The predicted octanol–water partition coefficient (Wildman–Crippen LogP) is 2.83. The highest BCUT2D eigenvalue weighted by molar-refractivity contribution is 6.22. The van der Waals surface area contributed by atoms with Gasteiger partial charge in [-0.15, -0.1) is 0 Å². The number of hydrogen-bond donors (Lipinski definition) is 0. The van der Waals surface area contributed by atoms with Gasteiger partial charge in [0, 0.05) is 39.1 Å². The number of ether oxygens (including phenoxy) is 3. The van der Waals surface area contributed by atoms with Crippen LogP contribution in [0.25, 0.3) is 5.57 Å². The average Bonchev–Trinajstić information content (AvgIpc) is 2.80. The summed E-state index contributed by atoms with van der Waals surface area (Å²) in [7, 11) is 1.64. The number of benzene rings is 1. The Morgan fingerprint density at radius 2 is 1.80 bits per heavy atom. The zero-order valence-electron chi connectivity index (χ0n) is 18.2. The molecule has 6 heteroatoms. The number of Topliss-reactive ketones (excluding diaryl/α,β-unsaturated/α-hetero) is 1. The van der Waals surface area contributed by atoms with Crippen LogP contribution in [0.1, 0.15) is 31.7 Å². The van der Waals surface area contributed by atoms with Crippen LogP contribution in [0, 0.1) is 5.92 Å². The molecule has 1 saturated carbocycles. The lowest BCUT2D eigenvalue weighted by atomic mass is 9.78. The van der Waals surface area contributed by atoms with Crippen LogP contribution in [0.4, 0.5) is 0 Å². The van der Waals surface area contributed by atoms with E-state index >= 15 is 0 Å². The normalized spacial score (nSPS) is 27.9. The van der Waals surface area contributed by atoms with E-state index in [1.807, 2.05) is 24.3 Å². The molecular weight excluding hydrogens is 380 g/mol. The van der Waals surface area contributed by atoms with Gasteiger partial charge >= 0.3 is 0 Å². The summed E-state index contributed by atoms with van der Waals surface area (Å²) in [6, 6.07) is 7.59. The molecule has 3 unspecified atom stereocenters. The summed E-state index contributed by atoms with van der Waals surface area (Å²) in [6.45, 7) is 9.68. The Morgan fingerprint density at radius 3 is 2.50 bits per heavy atom. The second kappa shape index (κ2) is 9.94. The fourth-order valence-electron chi connectivity index (χ4n) is 4.77. The minimum absolute atomic E-state index is 0.0610. The van der Waals surface area contributed by atoms with Crippen molar-refractivity contribution in [1.29, 1.82) is 0 Å². The predicted molar refractivity (Wildman–Crippen MR) is 116 cm³/mol. The van der Waals surface area contributed by atoms with Crippen molar-refractivity contribution in [2.45, 2.75) is 38.4 Å². The molecule has 6 nitrogen and oxygen atoms in total. The van der Waals surface area contributed by atoms with E-state index < -0.39 is 0 Å². The van der Waals surface area contributed by atoms with E-state index in [1.54, 1.807) is 13.4 Å². The van der Waals surface area contributed by atoms with Crippen LogP contribution in [-0.2, 0) is 14.3 Å². The van der Waals surface area contributed by atoms with Gasteiger partial charge in [0.15, 0.2) is 5.78 Å². The number of nitrogens with zero attached hydrogens (tertiary/aromatic N) is 2. The topological polar surface area (TPSA) is 51.2 Å². The van der Waals surface area contributed by atoms with Crippen molar-refractivity contribution in [3.05, 3.63) is 36.1 Å². The van der Waals surface area contributed by atoms with Crippen LogP contribution < -0.4 is 4.74 Å². The molecule has 2 aliphatic heterocycles. The van der Waals surface area contributed by atoms with Crippen LogP contribution in [0.2, 0.25) is 0 Å². The SMILES string of the molecule is CCN1CCN(CCOC2CCC3C(=O)C(c4ccc(OC)cc4)=COC3C2)CC1. The molecule has 1 saturated heterocycles. The Hall–Kier alpha value is -1.89. The highest BCUT2D eigenvalue weighted by Crippen LogP contribution is 2.37. The molecule has 0 N–H and O–H groups in total. The molecule has 3 aliphatic rings. The highest BCUT2D eigenvalue weighted by atomic mass is 16.5. The summed E-state index contributed by atoms with van der Waals surface area (Å²) in [6.07, 6.45) is 4.33. The minimum atomic E-state index is -0.0636. The molecule has 1 aromatic rings. The smallest absolute Gasteiger partial charge is 0.173 e. The van der Waals surface area contributed by atoms with Gasteiger partial charge in [-0.2, -0.15) is 0 Å². The van der Waals surface area contributed by atoms with E-state index in [1.165, 1.54) is 0 Å². The number of ketones is 1. The van der Waals surface area contributed by atoms with Gasteiger partial charge in [0.1, 0.15) is 11.9 Å². The Kier molecular flexibility index (Phi) is 7.08. The highest BCUT2D eigenvalue weighted by Gasteiger charge is 2.40. The van der Waals surface area contributed by atoms with Crippen molar-refractivity contribution < 1.29 is 19.0 Å². The fraction of sp³-hybridized carbons (Fsp3) is 0.625. The molecule has 3 atom stereocenters. The number of allylic oxidation sites excluding steroid dienone is 1. The number of likely N-dealkylation sites (N-methyl/N-ethyl adjacent to an activating group) is 1. The van der Waals surface area contributed by atoms with Gasteiger partial charge in [-0.05, 0) is 37.1 Å². The van der Waals surface area contributed by atoms with Gasteiger partial charge in [-0.3, -0.25) is 9.69 Å². The maximum absolute atomic E-state index is 13.1. The second-order valence-corrected chi connectivity index (χ2v) is 8.49. The number of methoxy groups -OCH3 is 1. The van der Waals surface area contributed by atoms with E-state index in [4.69, 9.17) is 14.2 Å². The first-order chi connectivity index (χ1) is 14.7. The van der Waals surface area contributed by atoms with Crippen LogP contribution in [0.15, 0.2) is 30.5 Å². The third kappa shape index (κ3) is 4.88. The molecule has 0 bridgehead atoms. The maximum atomic E-state index is 13.1. The molecule has 1 aromatic carbocycles. The summed E-state index contributed by atoms with van der Waals surface area (Å²) >= 11 is 0. The summed E-state index contributed by atoms with van der Waals surface area (Å²) in [5, 5.41) is 0. The summed E-state index contributed by atoms with van der Waals surface area (Å²) in [5.41, 5.74) is 1.56. The number of piperazine rings is 1. The minimum Gasteiger partial charge on any atom is -0.497 e. The van der Waals surface area contributed by atoms with Crippen LogP contribution in [-0.4, -0.2) is 80.8 Å². The molecule has 2 heterocycles. The van der Waals surface area contributed by atoms with Gasteiger partial charge in [0.2, 0.25) is 0 Å². The molecule has 0 amide bonds. The van der Waals surface area contributed by atoms with Crippen molar-refractivity contribution in [3.8, 4) is 5.75 Å². The second-order valence-electron chi connectivity index (χ2n) is 8.49. The Bertz CT molecular complexity index is 740. The number of hydrogen-bond acceptors (Lipinski definition) is 6. The van der Waals surface area contributed by atoms with Gasteiger partial charge in [-0.1, -0.05) is 19.1 Å². The van der Waals surface area contributed by atoms with Gasteiger partial charge in [0.05, 0.1) is 37.6 Å². The molecule has 0 radical (unpaired) electrons. The molecular formula is C24H34N2O4. The van der Waals surface area contributed by atoms with Gasteiger partial charge in [-0.25, -0.2) is 0 Å². The van der Waals surface area contributed by atoms with Crippen LogP contribution in [0.5, 0.6) is 5.75 Å². The van der Waals surface area contributed by atoms with E-state index in [0.717, 1.165) is 76.5 Å². The van der Waals surface area contributed by atoms with Crippen molar-refractivity contribution in [1.82, 2.24) is 9.80 Å². The first kappa shape index (κ1) is 21.3. The first-order valence-electron chi connectivity index (χ1n) is 11.3.